The summed E-state index contributed by atoms with van der Waals surface area (Å²) >= 11 is 0. The number of alkyl halides is 3. The number of carbonyl (C=O) groups excluding carboxylic acids is 1. The molecule has 2 rings (SSSR count). The van der Waals surface area contributed by atoms with Crippen molar-refractivity contribution in [2.75, 3.05) is 18.4 Å². The lowest BCUT2D eigenvalue weighted by Crippen LogP contribution is -3.19. The van der Waals surface area contributed by atoms with Gasteiger partial charge >= 0.3 is 6.18 Å². The van der Waals surface area contributed by atoms with E-state index >= 15 is 0 Å². The lowest BCUT2D eigenvalue weighted by atomic mass is 10.1. The zero-order chi connectivity index (χ0) is 17.2. The summed E-state index contributed by atoms with van der Waals surface area (Å²) in [5.74, 6) is -0.207. The van der Waals surface area contributed by atoms with Crippen LogP contribution in [0.5, 0.6) is 0 Å². The maximum atomic E-state index is 12.5. The van der Waals surface area contributed by atoms with Gasteiger partial charge in [0.15, 0.2) is 6.04 Å². The van der Waals surface area contributed by atoms with E-state index in [-0.39, 0.29) is 24.2 Å². The number of ether oxygens (including phenoxy) is 1. The Morgan fingerprint density at radius 1 is 1.22 bits per heavy atom. The first kappa shape index (κ1) is 17.7. The average Bonchev–Trinajstić information content (AvgIpc) is 2.45. The number of amides is 1. The van der Waals surface area contributed by atoms with Crippen LogP contribution in [0.25, 0.3) is 0 Å². The number of morpholine rings is 1. The van der Waals surface area contributed by atoms with Gasteiger partial charge in [0.2, 0.25) is 0 Å². The van der Waals surface area contributed by atoms with Gasteiger partial charge in [-0.1, -0.05) is 0 Å². The van der Waals surface area contributed by atoms with Crippen LogP contribution in [0, 0.1) is 0 Å². The monoisotopic (exact) mass is 331 g/mol. The zero-order valence-corrected chi connectivity index (χ0v) is 13.4. The Morgan fingerprint density at radius 2 is 1.74 bits per heavy atom. The summed E-state index contributed by atoms with van der Waals surface area (Å²) in [6, 6.07) is 4.17. The van der Waals surface area contributed by atoms with Gasteiger partial charge in [0.05, 0.1) is 5.56 Å². The van der Waals surface area contributed by atoms with E-state index < -0.39 is 11.7 Å². The molecule has 0 aromatic heterocycles. The van der Waals surface area contributed by atoms with Crippen molar-refractivity contribution >= 4 is 11.6 Å². The van der Waals surface area contributed by atoms with Crippen LogP contribution in [0.2, 0.25) is 0 Å². The van der Waals surface area contributed by atoms with E-state index in [4.69, 9.17) is 4.74 Å². The number of anilines is 1. The SMILES string of the molecule is C[C@@H]1C[NH+]([C@@H](C)C(=O)Nc2ccc(C(F)(F)F)cc2)C[C@@H](C)O1. The van der Waals surface area contributed by atoms with E-state index in [1.54, 1.807) is 0 Å². The minimum absolute atomic E-state index is 0.0788. The summed E-state index contributed by atoms with van der Waals surface area (Å²) in [6.45, 7) is 7.21. The highest BCUT2D eigenvalue weighted by Crippen LogP contribution is 2.29. The van der Waals surface area contributed by atoms with Crippen LogP contribution < -0.4 is 10.2 Å². The van der Waals surface area contributed by atoms with Crippen molar-refractivity contribution in [1.29, 1.82) is 0 Å². The molecule has 3 atom stereocenters. The molecule has 1 fully saturated rings. The number of hydrogen-bond acceptors (Lipinski definition) is 2. The van der Waals surface area contributed by atoms with E-state index in [0.29, 0.717) is 5.69 Å². The third kappa shape index (κ3) is 4.68. The Bertz CT molecular complexity index is 535. The second-order valence-electron chi connectivity index (χ2n) is 6.11. The molecule has 0 unspecified atom stereocenters. The van der Waals surface area contributed by atoms with Crippen LogP contribution in [0.3, 0.4) is 0 Å². The number of quaternary nitrogens is 1. The van der Waals surface area contributed by atoms with Gasteiger partial charge in [-0.05, 0) is 45.0 Å². The van der Waals surface area contributed by atoms with Crippen molar-refractivity contribution in [3.8, 4) is 0 Å². The summed E-state index contributed by atoms with van der Waals surface area (Å²) in [5.41, 5.74) is -0.367. The van der Waals surface area contributed by atoms with Crippen molar-refractivity contribution in [3.05, 3.63) is 29.8 Å². The van der Waals surface area contributed by atoms with Crippen LogP contribution in [0.15, 0.2) is 24.3 Å². The first-order valence-corrected chi connectivity index (χ1v) is 7.65. The first-order valence-electron chi connectivity index (χ1n) is 7.65. The number of nitrogens with one attached hydrogen (secondary N) is 2. The quantitative estimate of drug-likeness (QED) is 0.886. The van der Waals surface area contributed by atoms with Gasteiger partial charge in [0.1, 0.15) is 25.3 Å². The number of benzene rings is 1. The molecule has 1 aromatic rings. The highest BCUT2D eigenvalue weighted by atomic mass is 19.4. The normalized spacial score (nSPS) is 26.6. The fraction of sp³-hybridized carbons (Fsp3) is 0.562. The molecule has 0 radical (unpaired) electrons. The predicted molar refractivity (Wildman–Crippen MR) is 80.2 cm³/mol. The Labute approximate surface area is 133 Å². The number of carbonyl (C=O) groups is 1. The second-order valence-corrected chi connectivity index (χ2v) is 6.11. The van der Waals surface area contributed by atoms with E-state index in [1.807, 2.05) is 20.8 Å². The molecule has 1 heterocycles. The maximum Gasteiger partial charge on any atom is 0.416 e. The molecular weight excluding hydrogens is 309 g/mol. The van der Waals surface area contributed by atoms with Crippen LogP contribution in [-0.2, 0) is 15.7 Å². The molecule has 23 heavy (non-hydrogen) atoms. The van der Waals surface area contributed by atoms with E-state index in [9.17, 15) is 18.0 Å². The molecular formula is C16H22F3N2O2+. The highest BCUT2D eigenvalue weighted by Gasteiger charge is 2.33. The molecule has 2 N–H and O–H groups in total. The van der Waals surface area contributed by atoms with Crippen LogP contribution in [-0.4, -0.2) is 37.2 Å². The van der Waals surface area contributed by atoms with E-state index in [0.717, 1.165) is 30.1 Å². The fourth-order valence-corrected chi connectivity index (χ4v) is 2.85. The van der Waals surface area contributed by atoms with Gasteiger partial charge in [-0.25, -0.2) is 0 Å². The largest absolute Gasteiger partial charge is 0.416 e. The highest BCUT2D eigenvalue weighted by molar-refractivity contribution is 5.93. The summed E-state index contributed by atoms with van der Waals surface area (Å²) in [5, 5.41) is 2.68. The Hall–Kier alpha value is -1.60. The van der Waals surface area contributed by atoms with Gasteiger partial charge < -0.3 is 15.0 Å². The van der Waals surface area contributed by atoms with Crippen LogP contribution in [0.1, 0.15) is 26.3 Å². The van der Waals surface area contributed by atoms with Crippen molar-refractivity contribution in [2.24, 2.45) is 0 Å². The first-order chi connectivity index (χ1) is 10.7. The molecule has 0 aliphatic carbocycles. The molecule has 0 spiro atoms. The number of halogens is 3. The number of rotatable bonds is 3. The summed E-state index contributed by atoms with van der Waals surface area (Å²) in [7, 11) is 0. The molecule has 1 aliphatic heterocycles. The van der Waals surface area contributed by atoms with Gasteiger partial charge in [0, 0.05) is 5.69 Å². The fourth-order valence-electron chi connectivity index (χ4n) is 2.85. The number of hydrogen-bond donors (Lipinski definition) is 2. The third-order valence-electron chi connectivity index (χ3n) is 4.05. The van der Waals surface area contributed by atoms with Crippen molar-refractivity contribution < 1.29 is 27.6 Å². The van der Waals surface area contributed by atoms with Crippen LogP contribution in [0.4, 0.5) is 18.9 Å². The molecule has 0 saturated carbocycles. The van der Waals surface area contributed by atoms with Crippen molar-refractivity contribution in [2.45, 2.75) is 45.2 Å². The lowest BCUT2D eigenvalue weighted by Gasteiger charge is -2.35. The average molecular weight is 331 g/mol. The van der Waals surface area contributed by atoms with E-state index in [2.05, 4.69) is 5.32 Å². The maximum absolute atomic E-state index is 12.5. The summed E-state index contributed by atoms with van der Waals surface area (Å²) < 4.78 is 43.2. The van der Waals surface area contributed by atoms with Gasteiger partial charge in [-0.2, -0.15) is 13.2 Å². The topological polar surface area (TPSA) is 42.8 Å². The Balaban J connectivity index is 1.98. The molecule has 4 nitrogen and oxygen atoms in total. The summed E-state index contributed by atoms with van der Waals surface area (Å²) in [4.78, 5) is 13.4. The molecule has 1 aliphatic rings. The van der Waals surface area contributed by atoms with Gasteiger partial charge in [0.25, 0.3) is 5.91 Å². The Kier molecular flexibility index (Phi) is 5.31. The molecule has 128 valence electrons. The molecule has 1 saturated heterocycles. The predicted octanol–water partition coefficient (Wildman–Crippen LogP) is 1.72. The smallest absolute Gasteiger partial charge is 0.364 e. The minimum atomic E-state index is -4.37. The minimum Gasteiger partial charge on any atom is -0.364 e. The summed E-state index contributed by atoms with van der Waals surface area (Å²) in [6.07, 6.45) is -4.22. The zero-order valence-electron chi connectivity index (χ0n) is 13.4. The van der Waals surface area contributed by atoms with Crippen molar-refractivity contribution in [1.82, 2.24) is 0 Å². The third-order valence-corrected chi connectivity index (χ3v) is 4.05. The van der Waals surface area contributed by atoms with E-state index in [1.165, 1.54) is 12.1 Å². The Morgan fingerprint density at radius 3 is 2.22 bits per heavy atom. The van der Waals surface area contributed by atoms with Gasteiger partial charge in [-0.3, -0.25) is 4.79 Å². The molecule has 1 amide bonds. The van der Waals surface area contributed by atoms with Crippen molar-refractivity contribution in [3.63, 3.8) is 0 Å². The molecule has 7 heteroatoms. The molecule has 0 bridgehead atoms. The second kappa shape index (κ2) is 6.88. The lowest BCUT2D eigenvalue weighted by molar-refractivity contribution is -0.928. The van der Waals surface area contributed by atoms with Crippen LogP contribution >= 0.6 is 0 Å². The van der Waals surface area contributed by atoms with Gasteiger partial charge in [-0.15, -0.1) is 0 Å². The molecule has 1 aromatic carbocycles. The standard InChI is InChI=1S/C16H21F3N2O2/c1-10-8-21(9-11(2)23-10)12(3)15(22)20-14-6-4-13(5-7-14)16(17,18)19/h4-7,10-12H,8-9H2,1-3H3,(H,20,22)/p+1/t10-,11-,12+/m1/s1.